The van der Waals surface area contributed by atoms with E-state index in [-0.39, 0.29) is 30.5 Å². The molecule has 0 aliphatic carbocycles. The smallest absolute Gasteiger partial charge is 0.338 e. The Balaban J connectivity index is 0.00000441. The van der Waals surface area contributed by atoms with Crippen molar-refractivity contribution in [3.05, 3.63) is 102 Å². The Morgan fingerprint density at radius 2 is 1.68 bits per heavy atom. The van der Waals surface area contributed by atoms with Crippen LogP contribution in [0.5, 0.6) is 5.75 Å². The Morgan fingerprint density at radius 3 is 2.38 bits per heavy atom. The Morgan fingerprint density at radius 1 is 0.975 bits per heavy atom. The Labute approximate surface area is 242 Å². The van der Waals surface area contributed by atoms with Gasteiger partial charge in [0.2, 0.25) is 0 Å². The summed E-state index contributed by atoms with van der Waals surface area (Å²) >= 11 is 0. The molecule has 7 heteroatoms. The van der Waals surface area contributed by atoms with E-state index in [1.165, 1.54) is 16.3 Å². The molecule has 4 aromatic carbocycles. The second-order valence-corrected chi connectivity index (χ2v) is 10.2. The number of aliphatic hydroxyl groups is 1. The number of carbonyl (C=O) groups excluding carboxylic acids is 1. The van der Waals surface area contributed by atoms with Crippen LogP contribution in [-0.4, -0.2) is 42.5 Å². The van der Waals surface area contributed by atoms with Gasteiger partial charge in [0.1, 0.15) is 24.5 Å². The summed E-state index contributed by atoms with van der Waals surface area (Å²) < 4.78 is 10.8. The van der Waals surface area contributed by atoms with E-state index in [9.17, 15) is 15.2 Å². The molecule has 208 valence electrons. The van der Waals surface area contributed by atoms with Crippen molar-refractivity contribution in [2.75, 3.05) is 19.8 Å². The number of benzene rings is 4. The molecular weight excluding hydrogens is 524 g/mol. The molecule has 1 atom stereocenters. The summed E-state index contributed by atoms with van der Waals surface area (Å²) in [6, 6.07) is 29.3. The van der Waals surface area contributed by atoms with Gasteiger partial charge < -0.3 is 19.9 Å². The van der Waals surface area contributed by atoms with Crippen LogP contribution in [0.3, 0.4) is 0 Å². The molecule has 0 radical (unpaired) electrons. The maximum absolute atomic E-state index is 11.9. The quantitative estimate of drug-likeness (QED) is 0.209. The van der Waals surface area contributed by atoms with E-state index in [4.69, 9.17) is 9.47 Å². The number of hydrogen-bond acceptors (Lipinski definition) is 6. The maximum atomic E-state index is 11.9. The number of esters is 1. The van der Waals surface area contributed by atoms with Crippen LogP contribution in [-0.2, 0) is 11.2 Å². The van der Waals surface area contributed by atoms with Crippen LogP contribution >= 0.6 is 12.4 Å². The third-order valence-corrected chi connectivity index (χ3v) is 6.54. The van der Waals surface area contributed by atoms with Crippen molar-refractivity contribution in [1.29, 1.82) is 5.26 Å². The number of carbonyl (C=O) groups is 1. The molecule has 0 fully saturated rings. The number of hydrogen-bond donors (Lipinski definition) is 2. The number of fused-ring (bicyclic) bond motifs is 1. The first-order valence-electron chi connectivity index (χ1n) is 13.1. The number of nitrogens with zero attached hydrogens (tertiary/aromatic N) is 1. The van der Waals surface area contributed by atoms with E-state index in [0.717, 1.165) is 17.5 Å². The molecular formula is C33H35ClN2O4. The first kappa shape index (κ1) is 30.6. The molecule has 0 spiro atoms. The second kappa shape index (κ2) is 14.0. The first-order chi connectivity index (χ1) is 18.8. The fraction of sp³-hybridized carbons (Fsp3) is 0.273. The number of aliphatic hydroxyl groups excluding tert-OH is 1. The molecule has 40 heavy (non-hydrogen) atoms. The van der Waals surface area contributed by atoms with Crippen molar-refractivity contribution in [2.45, 2.75) is 38.8 Å². The fourth-order valence-electron chi connectivity index (χ4n) is 4.50. The highest BCUT2D eigenvalue weighted by molar-refractivity contribution is 5.90. The third kappa shape index (κ3) is 8.06. The largest absolute Gasteiger partial charge is 0.489 e. The van der Waals surface area contributed by atoms with Crippen LogP contribution in [0.25, 0.3) is 21.9 Å². The molecule has 4 rings (SSSR count). The predicted molar refractivity (Wildman–Crippen MR) is 161 cm³/mol. The SMILES string of the molecule is CCOC(=O)c1ccc(-c2ccc(OC[C@H](O)CNC(C)(C)Cc3ccc4ccccc4c3)c(C#N)c2)cc1.Cl. The molecule has 0 aromatic heterocycles. The average molecular weight is 559 g/mol. The summed E-state index contributed by atoms with van der Waals surface area (Å²) in [5, 5.41) is 26.1. The van der Waals surface area contributed by atoms with Gasteiger partial charge in [-0.2, -0.15) is 5.26 Å². The first-order valence-corrected chi connectivity index (χ1v) is 13.1. The maximum Gasteiger partial charge on any atom is 0.338 e. The van der Waals surface area contributed by atoms with E-state index in [2.05, 4.69) is 55.6 Å². The minimum atomic E-state index is -0.748. The number of rotatable bonds is 11. The summed E-state index contributed by atoms with van der Waals surface area (Å²) in [6.07, 6.45) is 0.0641. The molecule has 0 amide bonds. The zero-order chi connectivity index (χ0) is 27.8. The summed E-state index contributed by atoms with van der Waals surface area (Å²) in [5.41, 5.74) is 3.54. The fourth-order valence-corrected chi connectivity index (χ4v) is 4.50. The number of β-amino-alcohol motifs (C(OH)–C–C–N with tert-alkyl or cyclic N) is 1. The van der Waals surface area contributed by atoms with E-state index < -0.39 is 6.10 Å². The normalized spacial score (nSPS) is 11.8. The summed E-state index contributed by atoms with van der Waals surface area (Å²) in [4.78, 5) is 11.9. The zero-order valence-electron chi connectivity index (χ0n) is 23.0. The molecule has 0 aliphatic heterocycles. The standard InChI is InChI=1S/C33H34N2O4.ClH/c1-4-38-32(37)26-13-11-25(12-14-26)28-15-16-31(29(18-28)20-34)39-22-30(36)21-35-33(2,3)19-23-9-10-24-7-5-6-8-27(24)17-23;/h5-18,30,35-36H,4,19,21-22H2,1-3H3;1H/t30-;/m1./s1. The van der Waals surface area contributed by atoms with Gasteiger partial charge in [-0.05, 0) is 78.9 Å². The molecule has 0 unspecified atom stereocenters. The highest BCUT2D eigenvalue weighted by Gasteiger charge is 2.20. The molecule has 4 aromatic rings. The van der Waals surface area contributed by atoms with Gasteiger partial charge in [-0.1, -0.05) is 60.7 Å². The molecule has 0 saturated heterocycles. The van der Waals surface area contributed by atoms with Gasteiger partial charge in [-0.15, -0.1) is 12.4 Å². The number of nitriles is 1. The lowest BCUT2D eigenvalue weighted by atomic mass is 9.93. The van der Waals surface area contributed by atoms with Crippen LogP contribution in [0.2, 0.25) is 0 Å². The zero-order valence-corrected chi connectivity index (χ0v) is 23.8. The number of ether oxygens (including phenoxy) is 2. The number of halogens is 1. The van der Waals surface area contributed by atoms with E-state index in [0.29, 0.717) is 30.0 Å². The third-order valence-electron chi connectivity index (χ3n) is 6.54. The van der Waals surface area contributed by atoms with E-state index >= 15 is 0 Å². The lowest BCUT2D eigenvalue weighted by Crippen LogP contribution is -2.46. The molecule has 0 bridgehead atoms. The molecule has 2 N–H and O–H groups in total. The topological polar surface area (TPSA) is 91.6 Å². The molecule has 0 heterocycles. The average Bonchev–Trinajstić information content (AvgIpc) is 2.95. The van der Waals surface area contributed by atoms with Crippen molar-refractivity contribution < 1.29 is 19.4 Å². The van der Waals surface area contributed by atoms with E-state index in [1.54, 1.807) is 31.2 Å². The van der Waals surface area contributed by atoms with Crippen molar-refractivity contribution >= 4 is 29.1 Å². The van der Waals surface area contributed by atoms with Crippen LogP contribution < -0.4 is 10.1 Å². The summed E-state index contributed by atoms with van der Waals surface area (Å²) in [7, 11) is 0. The minimum absolute atomic E-state index is 0. The Bertz CT molecular complexity index is 1480. The van der Waals surface area contributed by atoms with Gasteiger partial charge in [0.05, 0.1) is 17.7 Å². The minimum Gasteiger partial charge on any atom is -0.489 e. The van der Waals surface area contributed by atoms with Gasteiger partial charge in [-0.25, -0.2) is 4.79 Å². The Kier molecular flexibility index (Phi) is 10.7. The monoisotopic (exact) mass is 558 g/mol. The second-order valence-electron chi connectivity index (χ2n) is 10.2. The molecule has 0 saturated carbocycles. The lowest BCUT2D eigenvalue weighted by Gasteiger charge is -2.28. The van der Waals surface area contributed by atoms with E-state index in [1.807, 2.05) is 30.3 Å². The van der Waals surface area contributed by atoms with Crippen LogP contribution in [0.4, 0.5) is 0 Å². The van der Waals surface area contributed by atoms with Gasteiger partial charge in [0.25, 0.3) is 0 Å². The summed E-state index contributed by atoms with van der Waals surface area (Å²) in [5.74, 6) is 0.0505. The van der Waals surface area contributed by atoms with Crippen molar-refractivity contribution in [1.82, 2.24) is 5.32 Å². The van der Waals surface area contributed by atoms with Gasteiger partial charge in [0, 0.05) is 12.1 Å². The van der Waals surface area contributed by atoms with Gasteiger partial charge in [0.15, 0.2) is 0 Å². The number of nitrogens with one attached hydrogen (secondary N) is 1. The highest BCUT2D eigenvalue weighted by Crippen LogP contribution is 2.27. The predicted octanol–water partition coefficient (Wildman–Crippen LogP) is 6.33. The van der Waals surface area contributed by atoms with Crippen molar-refractivity contribution in [3.63, 3.8) is 0 Å². The molecule has 0 aliphatic rings. The van der Waals surface area contributed by atoms with Gasteiger partial charge in [-0.3, -0.25) is 0 Å². The Hall–Kier alpha value is -3.89. The summed E-state index contributed by atoms with van der Waals surface area (Å²) in [6.45, 7) is 6.72. The van der Waals surface area contributed by atoms with Crippen molar-refractivity contribution in [3.8, 4) is 22.9 Å². The van der Waals surface area contributed by atoms with Crippen molar-refractivity contribution in [2.24, 2.45) is 0 Å². The van der Waals surface area contributed by atoms with Crippen LogP contribution in [0.15, 0.2) is 84.9 Å². The lowest BCUT2D eigenvalue weighted by molar-refractivity contribution is 0.0526. The van der Waals surface area contributed by atoms with Crippen LogP contribution in [0.1, 0.15) is 42.3 Å². The van der Waals surface area contributed by atoms with Crippen LogP contribution in [0, 0.1) is 11.3 Å². The van der Waals surface area contributed by atoms with Gasteiger partial charge >= 0.3 is 5.97 Å². The molecule has 6 nitrogen and oxygen atoms in total. The highest BCUT2D eigenvalue weighted by atomic mass is 35.5.